The number of amides is 1. The van der Waals surface area contributed by atoms with Crippen LogP contribution in [0.15, 0.2) is 21.6 Å². The fraction of sp³-hybridized carbons (Fsp3) is 0.455. The number of nitrogens with one attached hydrogen (secondary N) is 3. The summed E-state index contributed by atoms with van der Waals surface area (Å²) in [6.45, 7) is 0.0113. The van der Waals surface area contributed by atoms with Crippen LogP contribution in [0.5, 0.6) is 0 Å². The van der Waals surface area contributed by atoms with Crippen LogP contribution in [0.3, 0.4) is 0 Å². The Balaban J connectivity index is 1.97. The number of halogens is 1. The molecular weight excluding hydrogens is 362 g/mol. The van der Waals surface area contributed by atoms with E-state index in [0.717, 1.165) is 12.8 Å². The average molecular weight is 378 g/mol. The highest BCUT2D eigenvalue weighted by atomic mass is 79.9. The van der Waals surface area contributed by atoms with Crippen molar-refractivity contribution in [2.75, 3.05) is 12.0 Å². The molecule has 0 aromatic carbocycles. The molecule has 0 spiro atoms. The van der Waals surface area contributed by atoms with Crippen molar-refractivity contribution >= 4 is 37.7 Å². The van der Waals surface area contributed by atoms with Gasteiger partial charge in [-0.05, 0) is 34.8 Å². The van der Waals surface area contributed by atoms with Crippen molar-refractivity contribution in [1.82, 2.24) is 15.0 Å². The second-order valence-corrected chi connectivity index (χ2v) is 7.29. The summed E-state index contributed by atoms with van der Waals surface area (Å²) in [4.78, 5) is 15.3. The number of nitrogens with two attached hydrogens (primary N) is 1. The summed E-state index contributed by atoms with van der Waals surface area (Å²) >= 11 is 3.16. The Labute approximate surface area is 131 Å². The van der Waals surface area contributed by atoms with Crippen molar-refractivity contribution < 1.29 is 13.2 Å². The molecule has 1 fully saturated rings. The number of pyridine rings is 1. The van der Waals surface area contributed by atoms with Crippen LogP contribution >= 0.6 is 15.9 Å². The Morgan fingerprint density at radius 1 is 1.48 bits per heavy atom. The third-order valence-electron chi connectivity index (χ3n) is 2.83. The summed E-state index contributed by atoms with van der Waals surface area (Å²) in [5.41, 5.74) is 2.23. The molecule has 1 aliphatic rings. The van der Waals surface area contributed by atoms with Gasteiger partial charge in [-0.25, -0.2) is 24.0 Å². The van der Waals surface area contributed by atoms with Crippen LogP contribution in [-0.2, 0) is 14.8 Å². The maximum Gasteiger partial charge on any atom is 0.244 e. The Morgan fingerprint density at radius 2 is 2.19 bits per heavy atom. The number of rotatable bonds is 7. The molecule has 1 aliphatic carbocycles. The van der Waals surface area contributed by atoms with E-state index < -0.39 is 10.0 Å². The van der Waals surface area contributed by atoms with Crippen LogP contribution in [0, 0.1) is 0 Å². The van der Waals surface area contributed by atoms with Gasteiger partial charge in [0.25, 0.3) is 0 Å². The highest BCUT2D eigenvalue weighted by Crippen LogP contribution is 2.22. The van der Waals surface area contributed by atoms with Gasteiger partial charge in [0.05, 0.1) is 0 Å². The second-order valence-electron chi connectivity index (χ2n) is 4.63. The second kappa shape index (κ2) is 6.69. The highest BCUT2D eigenvalue weighted by molar-refractivity contribution is 9.10. The third-order valence-corrected chi connectivity index (χ3v) is 4.74. The predicted octanol–water partition coefficient (Wildman–Crippen LogP) is 0.0767. The SMILES string of the molecule is NNc1ncc(Br)cc1S(=O)(=O)NCCC(=O)NC1CC1. The summed E-state index contributed by atoms with van der Waals surface area (Å²) in [7, 11) is -3.80. The number of hydrogen-bond donors (Lipinski definition) is 4. The van der Waals surface area contributed by atoms with E-state index in [1.54, 1.807) is 0 Å². The topological polar surface area (TPSA) is 126 Å². The molecule has 21 heavy (non-hydrogen) atoms. The van der Waals surface area contributed by atoms with E-state index >= 15 is 0 Å². The average Bonchev–Trinajstić information content (AvgIpc) is 3.22. The molecule has 8 nitrogen and oxygen atoms in total. The predicted molar refractivity (Wildman–Crippen MR) is 80.7 cm³/mol. The van der Waals surface area contributed by atoms with Crippen LogP contribution in [0.25, 0.3) is 0 Å². The lowest BCUT2D eigenvalue weighted by Gasteiger charge is -2.10. The molecule has 2 rings (SSSR count). The van der Waals surface area contributed by atoms with Crippen molar-refractivity contribution in [3.05, 3.63) is 16.7 Å². The van der Waals surface area contributed by atoms with Gasteiger partial charge < -0.3 is 10.7 Å². The summed E-state index contributed by atoms with van der Waals surface area (Å²) < 4.78 is 27.2. The molecule has 1 aromatic rings. The number of nitrogen functional groups attached to an aromatic ring is 1. The van der Waals surface area contributed by atoms with Crippen LogP contribution in [0.4, 0.5) is 5.82 Å². The zero-order chi connectivity index (χ0) is 15.5. The van der Waals surface area contributed by atoms with Gasteiger partial charge in [0.1, 0.15) is 4.90 Å². The van der Waals surface area contributed by atoms with Gasteiger partial charge in [-0.1, -0.05) is 0 Å². The number of aromatic nitrogens is 1. The number of carbonyl (C=O) groups excluding carboxylic acids is 1. The first-order valence-corrected chi connectivity index (χ1v) is 8.61. The van der Waals surface area contributed by atoms with Gasteiger partial charge in [-0.2, -0.15) is 0 Å². The van der Waals surface area contributed by atoms with Gasteiger partial charge >= 0.3 is 0 Å². The summed E-state index contributed by atoms with van der Waals surface area (Å²) in [5.74, 6) is 5.12. The van der Waals surface area contributed by atoms with E-state index in [2.05, 4.69) is 36.4 Å². The largest absolute Gasteiger partial charge is 0.353 e. The normalized spacial score (nSPS) is 14.8. The molecule has 1 aromatic heterocycles. The lowest BCUT2D eigenvalue weighted by Crippen LogP contribution is -2.32. The zero-order valence-electron chi connectivity index (χ0n) is 11.1. The van der Waals surface area contributed by atoms with Gasteiger partial charge in [-0.15, -0.1) is 0 Å². The molecule has 1 amide bonds. The first-order chi connectivity index (χ1) is 9.92. The number of nitrogens with zero attached hydrogens (tertiary/aromatic N) is 1. The minimum absolute atomic E-state index is 0.0113. The number of anilines is 1. The smallest absolute Gasteiger partial charge is 0.244 e. The summed E-state index contributed by atoms with van der Waals surface area (Å²) in [5, 5.41) is 2.79. The van der Waals surface area contributed by atoms with Gasteiger partial charge in [0.2, 0.25) is 15.9 Å². The fourth-order valence-electron chi connectivity index (χ4n) is 1.64. The molecule has 0 radical (unpaired) electrons. The maximum absolute atomic E-state index is 12.2. The Kier molecular flexibility index (Phi) is 5.14. The number of hydrazine groups is 1. The van der Waals surface area contributed by atoms with E-state index in [-0.39, 0.29) is 35.6 Å². The van der Waals surface area contributed by atoms with Crippen molar-refractivity contribution in [3.8, 4) is 0 Å². The van der Waals surface area contributed by atoms with E-state index in [0.29, 0.717) is 4.47 Å². The van der Waals surface area contributed by atoms with Crippen LogP contribution in [-0.4, -0.2) is 31.9 Å². The monoisotopic (exact) mass is 377 g/mol. The molecule has 0 atom stereocenters. The maximum atomic E-state index is 12.2. The van der Waals surface area contributed by atoms with E-state index in [1.165, 1.54) is 12.3 Å². The molecule has 0 aliphatic heterocycles. The lowest BCUT2D eigenvalue weighted by molar-refractivity contribution is -0.121. The molecule has 0 saturated heterocycles. The van der Waals surface area contributed by atoms with Crippen molar-refractivity contribution in [2.45, 2.75) is 30.2 Å². The lowest BCUT2D eigenvalue weighted by atomic mass is 10.4. The highest BCUT2D eigenvalue weighted by Gasteiger charge is 2.24. The van der Waals surface area contributed by atoms with Crippen LogP contribution in [0.1, 0.15) is 19.3 Å². The molecule has 5 N–H and O–H groups in total. The van der Waals surface area contributed by atoms with Gasteiger partial charge in [0, 0.05) is 29.7 Å². The standard InChI is InChI=1S/C11H16BrN5O3S/c12-7-5-9(11(17-13)14-6-7)21(19,20)15-4-3-10(18)16-8-1-2-8/h5-6,8,15H,1-4,13H2,(H,14,17)(H,16,18). The third kappa shape index (κ3) is 4.63. The minimum atomic E-state index is -3.80. The molecule has 0 unspecified atom stereocenters. The zero-order valence-corrected chi connectivity index (χ0v) is 13.5. The quantitative estimate of drug-likeness (QED) is 0.393. The Hall–Kier alpha value is -1.23. The number of hydrogen-bond acceptors (Lipinski definition) is 6. The first kappa shape index (κ1) is 16.1. The molecular formula is C11H16BrN5O3S. The van der Waals surface area contributed by atoms with Crippen molar-refractivity contribution in [2.24, 2.45) is 5.84 Å². The summed E-state index contributed by atoms with van der Waals surface area (Å²) in [6, 6.07) is 1.64. The number of carbonyl (C=O) groups is 1. The van der Waals surface area contributed by atoms with E-state index in [9.17, 15) is 13.2 Å². The molecule has 1 heterocycles. The van der Waals surface area contributed by atoms with Crippen LogP contribution in [0.2, 0.25) is 0 Å². The van der Waals surface area contributed by atoms with Crippen molar-refractivity contribution in [3.63, 3.8) is 0 Å². The fourth-order valence-corrected chi connectivity index (χ4v) is 3.30. The Bertz CT molecular complexity index is 633. The Morgan fingerprint density at radius 3 is 2.81 bits per heavy atom. The summed E-state index contributed by atoms with van der Waals surface area (Å²) in [6.07, 6.45) is 3.50. The first-order valence-electron chi connectivity index (χ1n) is 6.33. The van der Waals surface area contributed by atoms with E-state index in [1.807, 2.05) is 0 Å². The molecule has 116 valence electrons. The molecule has 1 saturated carbocycles. The van der Waals surface area contributed by atoms with Crippen molar-refractivity contribution in [1.29, 1.82) is 0 Å². The van der Waals surface area contributed by atoms with E-state index in [4.69, 9.17) is 5.84 Å². The molecule has 0 bridgehead atoms. The molecule has 10 heteroatoms. The van der Waals surface area contributed by atoms with Gasteiger partial charge in [0.15, 0.2) is 5.82 Å². The van der Waals surface area contributed by atoms with Crippen LogP contribution < -0.4 is 21.3 Å². The van der Waals surface area contributed by atoms with Gasteiger partial charge in [-0.3, -0.25) is 4.79 Å². The number of sulfonamides is 1. The minimum Gasteiger partial charge on any atom is -0.353 e.